The molecule has 15 heavy (non-hydrogen) atoms. The van der Waals surface area contributed by atoms with Gasteiger partial charge >= 0.3 is 0 Å². The van der Waals surface area contributed by atoms with Gasteiger partial charge in [-0.2, -0.15) is 0 Å². The molecule has 1 heterocycles. The summed E-state index contributed by atoms with van der Waals surface area (Å²) in [5.41, 5.74) is 0. The Bertz CT molecular complexity index is 203. The van der Waals surface area contributed by atoms with E-state index in [-0.39, 0.29) is 17.9 Å². The molecule has 0 aromatic heterocycles. The van der Waals surface area contributed by atoms with Crippen LogP contribution in [0.1, 0.15) is 20.3 Å². The Morgan fingerprint density at radius 3 is 2.80 bits per heavy atom. The van der Waals surface area contributed by atoms with Crippen molar-refractivity contribution in [1.29, 1.82) is 0 Å². The van der Waals surface area contributed by atoms with Gasteiger partial charge < -0.3 is 15.4 Å². The summed E-state index contributed by atoms with van der Waals surface area (Å²) in [4.78, 5) is 11.7. The van der Waals surface area contributed by atoms with Crippen LogP contribution in [0.25, 0.3) is 0 Å². The van der Waals surface area contributed by atoms with E-state index in [1.54, 1.807) is 0 Å². The summed E-state index contributed by atoms with van der Waals surface area (Å²) < 4.78 is 5.30. The Labute approximate surface area is 91.8 Å². The van der Waals surface area contributed by atoms with E-state index in [0.717, 1.165) is 26.2 Å². The van der Waals surface area contributed by atoms with Crippen LogP contribution in [0.3, 0.4) is 0 Å². The molecule has 3 atom stereocenters. The van der Waals surface area contributed by atoms with Gasteiger partial charge in [-0.1, -0.05) is 6.92 Å². The third kappa shape index (κ3) is 3.80. The molecule has 1 amide bonds. The summed E-state index contributed by atoms with van der Waals surface area (Å²) in [5, 5.41) is 6.05. The fourth-order valence-electron chi connectivity index (χ4n) is 1.83. The molecule has 2 N–H and O–H groups in total. The average molecular weight is 214 g/mol. The molecule has 1 saturated heterocycles. The molecule has 0 bridgehead atoms. The van der Waals surface area contributed by atoms with Gasteiger partial charge in [0.15, 0.2) is 0 Å². The van der Waals surface area contributed by atoms with Gasteiger partial charge in [-0.15, -0.1) is 0 Å². The highest BCUT2D eigenvalue weighted by Crippen LogP contribution is 2.16. The first-order chi connectivity index (χ1) is 7.15. The van der Waals surface area contributed by atoms with Crippen LogP contribution in [-0.2, 0) is 9.53 Å². The second-order valence-electron chi connectivity index (χ2n) is 4.38. The van der Waals surface area contributed by atoms with Crippen molar-refractivity contribution in [1.82, 2.24) is 10.6 Å². The molecule has 0 radical (unpaired) electrons. The van der Waals surface area contributed by atoms with Gasteiger partial charge in [0.25, 0.3) is 0 Å². The van der Waals surface area contributed by atoms with Crippen molar-refractivity contribution in [2.24, 2.45) is 11.8 Å². The number of carbonyl (C=O) groups excluding carboxylic acids is 1. The SMILES string of the molecule is CNCC(C)C(=O)NC(C)C1CCOC1. The Hall–Kier alpha value is -0.610. The molecule has 3 unspecified atom stereocenters. The van der Waals surface area contributed by atoms with Gasteiger partial charge in [-0.25, -0.2) is 0 Å². The molecule has 4 nitrogen and oxygen atoms in total. The summed E-state index contributed by atoms with van der Waals surface area (Å²) in [6.07, 6.45) is 1.06. The van der Waals surface area contributed by atoms with Gasteiger partial charge in [-0.3, -0.25) is 4.79 Å². The minimum absolute atomic E-state index is 0.0276. The van der Waals surface area contributed by atoms with Gasteiger partial charge in [0, 0.05) is 31.0 Å². The molecule has 0 aromatic rings. The highest BCUT2D eigenvalue weighted by Gasteiger charge is 2.24. The second kappa shape index (κ2) is 6.08. The Kier molecular flexibility index (Phi) is 5.05. The molecule has 0 aromatic carbocycles. The normalized spacial score (nSPS) is 24.9. The fraction of sp³-hybridized carbons (Fsp3) is 0.909. The minimum Gasteiger partial charge on any atom is -0.381 e. The van der Waals surface area contributed by atoms with E-state index < -0.39 is 0 Å². The molecule has 0 saturated carbocycles. The number of rotatable bonds is 5. The lowest BCUT2D eigenvalue weighted by atomic mass is 10.00. The zero-order chi connectivity index (χ0) is 11.3. The van der Waals surface area contributed by atoms with E-state index in [4.69, 9.17) is 4.74 Å². The molecule has 88 valence electrons. The summed E-state index contributed by atoms with van der Waals surface area (Å²) in [7, 11) is 1.86. The van der Waals surface area contributed by atoms with Crippen LogP contribution >= 0.6 is 0 Å². The number of carbonyl (C=O) groups is 1. The van der Waals surface area contributed by atoms with E-state index in [2.05, 4.69) is 17.6 Å². The predicted octanol–water partition coefficient (Wildman–Crippen LogP) is 0.383. The predicted molar refractivity (Wildman–Crippen MR) is 59.6 cm³/mol. The number of ether oxygens (including phenoxy) is 1. The first-order valence-electron chi connectivity index (χ1n) is 5.68. The maximum absolute atomic E-state index is 11.7. The van der Waals surface area contributed by atoms with E-state index in [0.29, 0.717) is 5.92 Å². The van der Waals surface area contributed by atoms with E-state index in [9.17, 15) is 4.79 Å². The number of hydrogen-bond acceptors (Lipinski definition) is 3. The Morgan fingerprint density at radius 1 is 1.53 bits per heavy atom. The minimum atomic E-state index is 0.0276. The van der Waals surface area contributed by atoms with Crippen LogP contribution in [0, 0.1) is 11.8 Å². The zero-order valence-corrected chi connectivity index (χ0v) is 9.88. The van der Waals surface area contributed by atoms with E-state index in [1.165, 1.54) is 0 Å². The van der Waals surface area contributed by atoms with Gasteiger partial charge in [0.05, 0.1) is 6.61 Å². The fourth-order valence-corrected chi connectivity index (χ4v) is 1.83. The number of amides is 1. The summed E-state index contributed by atoms with van der Waals surface area (Å²) >= 11 is 0. The lowest BCUT2D eigenvalue weighted by Crippen LogP contribution is -2.43. The number of nitrogens with one attached hydrogen (secondary N) is 2. The summed E-state index contributed by atoms with van der Waals surface area (Å²) in [6.45, 7) is 6.32. The molecule has 4 heteroatoms. The molecule has 1 fully saturated rings. The van der Waals surface area contributed by atoms with Crippen molar-refractivity contribution in [3.05, 3.63) is 0 Å². The van der Waals surface area contributed by atoms with E-state index in [1.807, 2.05) is 14.0 Å². The van der Waals surface area contributed by atoms with Crippen LogP contribution < -0.4 is 10.6 Å². The third-order valence-corrected chi connectivity index (χ3v) is 3.00. The van der Waals surface area contributed by atoms with Gasteiger partial charge in [-0.05, 0) is 20.4 Å². The molecule has 0 spiro atoms. The Morgan fingerprint density at radius 2 is 2.27 bits per heavy atom. The maximum atomic E-state index is 11.7. The lowest BCUT2D eigenvalue weighted by molar-refractivity contribution is -0.125. The van der Waals surface area contributed by atoms with Crippen LogP contribution in [-0.4, -0.2) is 38.8 Å². The highest BCUT2D eigenvalue weighted by atomic mass is 16.5. The smallest absolute Gasteiger partial charge is 0.224 e. The molecular weight excluding hydrogens is 192 g/mol. The topological polar surface area (TPSA) is 50.4 Å². The molecule has 1 rings (SSSR count). The van der Waals surface area contributed by atoms with Gasteiger partial charge in [0.2, 0.25) is 5.91 Å². The first-order valence-corrected chi connectivity index (χ1v) is 5.68. The Balaban J connectivity index is 2.29. The first kappa shape index (κ1) is 12.5. The van der Waals surface area contributed by atoms with Crippen LogP contribution in [0.5, 0.6) is 0 Å². The lowest BCUT2D eigenvalue weighted by Gasteiger charge is -2.21. The van der Waals surface area contributed by atoms with Crippen molar-refractivity contribution in [3.63, 3.8) is 0 Å². The molecule has 1 aliphatic heterocycles. The van der Waals surface area contributed by atoms with Crippen LogP contribution in [0.4, 0.5) is 0 Å². The molecular formula is C11H22N2O2. The van der Waals surface area contributed by atoms with Crippen LogP contribution in [0.2, 0.25) is 0 Å². The summed E-state index contributed by atoms with van der Waals surface area (Å²) in [6, 6.07) is 0.222. The molecule has 0 aliphatic carbocycles. The maximum Gasteiger partial charge on any atom is 0.224 e. The third-order valence-electron chi connectivity index (χ3n) is 3.00. The number of hydrogen-bond donors (Lipinski definition) is 2. The largest absolute Gasteiger partial charge is 0.381 e. The second-order valence-corrected chi connectivity index (χ2v) is 4.38. The van der Waals surface area contributed by atoms with Crippen LogP contribution in [0.15, 0.2) is 0 Å². The van der Waals surface area contributed by atoms with Crippen molar-refractivity contribution >= 4 is 5.91 Å². The van der Waals surface area contributed by atoms with Crippen molar-refractivity contribution < 1.29 is 9.53 Å². The van der Waals surface area contributed by atoms with E-state index >= 15 is 0 Å². The standard InChI is InChI=1S/C11H22N2O2/c1-8(6-12-3)11(14)13-9(2)10-4-5-15-7-10/h8-10,12H,4-7H2,1-3H3,(H,13,14). The van der Waals surface area contributed by atoms with Crippen molar-refractivity contribution in [3.8, 4) is 0 Å². The summed E-state index contributed by atoms with van der Waals surface area (Å²) in [5.74, 6) is 0.638. The zero-order valence-electron chi connectivity index (χ0n) is 9.88. The quantitative estimate of drug-likeness (QED) is 0.696. The van der Waals surface area contributed by atoms with Gasteiger partial charge in [0.1, 0.15) is 0 Å². The average Bonchev–Trinajstić information content (AvgIpc) is 2.70. The van der Waals surface area contributed by atoms with Crippen molar-refractivity contribution in [2.75, 3.05) is 26.8 Å². The van der Waals surface area contributed by atoms with Crippen molar-refractivity contribution in [2.45, 2.75) is 26.3 Å². The highest BCUT2D eigenvalue weighted by molar-refractivity contribution is 5.78. The molecule has 1 aliphatic rings. The monoisotopic (exact) mass is 214 g/mol.